The van der Waals surface area contributed by atoms with Crippen LogP contribution in [0, 0.1) is 0 Å². The van der Waals surface area contributed by atoms with E-state index in [2.05, 4.69) is 20.5 Å². The highest BCUT2D eigenvalue weighted by Gasteiger charge is 2.17. The number of carbonyl (C=O) groups is 1. The molecule has 1 amide bonds. The van der Waals surface area contributed by atoms with Crippen LogP contribution in [0.1, 0.15) is 48.3 Å². The lowest BCUT2D eigenvalue weighted by atomic mass is 10.0. The molecule has 0 radical (unpaired) electrons. The molecule has 1 unspecified atom stereocenters. The van der Waals surface area contributed by atoms with E-state index in [9.17, 15) is 4.79 Å². The fraction of sp³-hybridized carbons (Fsp3) is 0.318. The van der Waals surface area contributed by atoms with Crippen molar-refractivity contribution >= 4 is 17.7 Å². The Hall–Kier alpha value is -3.00. The molecule has 1 heterocycles. The van der Waals surface area contributed by atoms with Crippen LogP contribution in [0.4, 0.5) is 0 Å². The summed E-state index contributed by atoms with van der Waals surface area (Å²) in [5.41, 5.74) is 2.53. The van der Waals surface area contributed by atoms with E-state index < -0.39 is 0 Å². The first-order valence-electron chi connectivity index (χ1n) is 9.88. The molecule has 0 aliphatic carbocycles. The molecular weight excluding hydrogens is 400 g/mol. The Morgan fingerprint density at radius 1 is 1.13 bits per heavy atom. The van der Waals surface area contributed by atoms with Gasteiger partial charge in [0.25, 0.3) is 5.91 Å². The number of aromatic nitrogens is 3. The predicted octanol–water partition coefficient (Wildman–Crippen LogP) is 4.39. The molecule has 7 nitrogen and oxygen atoms in total. The predicted molar refractivity (Wildman–Crippen MR) is 117 cm³/mol. The van der Waals surface area contributed by atoms with Gasteiger partial charge in [-0.2, -0.15) is 5.10 Å². The van der Waals surface area contributed by atoms with Crippen molar-refractivity contribution in [1.29, 1.82) is 0 Å². The minimum Gasteiger partial charge on any atom is -0.490 e. The first kappa shape index (κ1) is 21.7. The number of H-pyrrole nitrogens is 1. The van der Waals surface area contributed by atoms with E-state index in [1.54, 1.807) is 0 Å². The Bertz CT molecular complexity index is 963. The van der Waals surface area contributed by atoms with Gasteiger partial charge in [0.2, 0.25) is 0 Å². The van der Waals surface area contributed by atoms with Gasteiger partial charge < -0.3 is 14.8 Å². The number of benzene rings is 2. The number of hydrogen-bond donors (Lipinski definition) is 2. The molecular formula is C22H26N4O3S. The Morgan fingerprint density at radius 2 is 1.90 bits per heavy atom. The quantitative estimate of drug-likeness (QED) is 0.468. The normalized spacial score (nSPS) is 11.7. The molecule has 0 aliphatic rings. The lowest BCUT2D eigenvalue weighted by Crippen LogP contribution is -2.27. The largest absolute Gasteiger partial charge is 0.490 e. The lowest BCUT2D eigenvalue weighted by Gasteiger charge is -2.18. The van der Waals surface area contributed by atoms with Gasteiger partial charge in [-0.15, -0.1) is 0 Å². The highest BCUT2D eigenvalue weighted by Crippen LogP contribution is 2.31. The van der Waals surface area contributed by atoms with Gasteiger partial charge in [0.05, 0.1) is 19.3 Å². The Kier molecular flexibility index (Phi) is 7.73. The topological polar surface area (TPSA) is 89.1 Å². The fourth-order valence-corrected chi connectivity index (χ4v) is 3.76. The van der Waals surface area contributed by atoms with Crippen molar-refractivity contribution in [1.82, 2.24) is 20.5 Å². The van der Waals surface area contributed by atoms with Gasteiger partial charge in [0, 0.05) is 11.3 Å². The fourth-order valence-electron chi connectivity index (χ4n) is 2.97. The van der Waals surface area contributed by atoms with Gasteiger partial charge in [0.1, 0.15) is 6.33 Å². The Labute approximate surface area is 180 Å². The molecule has 3 aromatic rings. The van der Waals surface area contributed by atoms with Crippen LogP contribution in [0.3, 0.4) is 0 Å². The van der Waals surface area contributed by atoms with E-state index in [0.29, 0.717) is 36.0 Å². The second-order valence-electron chi connectivity index (χ2n) is 6.50. The molecule has 0 saturated heterocycles. The van der Waals surface area contributed by atoms with Gasteiger partial charge in [-0.1, -0.05) is 36.0 Å². The van der Waals surface area contributed by atoms with Gasteiger partial charge in [-0.25, -0.2) is 4.98 Å². The van der Waals surface area contributed by atoms with Crippen LogP contribution in [0.2, 0.25) is 0 Å². The molecule has 1 atom stereocenters. The van der Waals surface area contributed by atoms with Gasteiger partial charge in [-0.3, -0.25) is 9.89 Å². The summed E-state index contributed by atoms with van der Waals surface area (Å²) in [6.45, 7) is 6.93. The van der Waals surface area contributed by atoms with Crippen molar-refractivity contribution < 1.29 is 14.3 Å². The average molecular weight is 427 g/mol. The molecule has 0 saturated carbocycles. The molecule has 30 heavy (non-hydrogen) atoms. The second-order valence-corrected chi connectivity index (χ2v) is 7.47. The van der Waals surface area contributed by atoms with Crippen LogP contribution in [0.5, 0.6) is 11.5 Å². The molecule has 2 N–H and O–H groups in total. The molecule has 0 fully saturated rings. The first-order chi connectivity index (χ1) is 14.6. The van der Waals surface area contributed by atoms with Crippen molar-refractivity contribution in [2.45, 2.75) is 37.7 Å². The van der Waals surface area contributed by atoms with Gasteiger partial charge in [0.15, 0.2) is 16.7 Å². The first-order valence-corrected chi connectivity index (χ1v) is 10.9. The number of thioether (sulfide) groups is 1. The number of hydrogen-bond acceptors (Lipinski definition) is 6. The zero-order valence-corrected chi connectivity index (χ0v) is 18.2. The third-order valence-electron chi connectivity index (χ3n) is 4.43. The zero-order chi connectivity index (χ0) is 21.3. The van der Waals surface area contributed by atoms with Gasteiger partial charge in [-0.05, 0) is 50.1 Å². The van der Waals surface area contributed by atoms with Crippen molar-refractivity contribution in [3.05, 3.63) is 65.5 Å². The number of aromatic amines is 1. The number of rotatable bonds is 10. The summed E-state index contributed by atoms with van der Waals surface area (Å²) in [5.74, 6) is 1.88. The Morgan fingerprint density at radius 3 is 2.63 bits per heavy atom. The molecule has 0 spiro atoms. The third kappa shape index (κ3) is 5.54. The SMILES string of the molecule is CCOc1ccc(C(C)NC(=O)c2ccccc2CSc2ncn[nH]2)cc1OCC. The lowest BCUT2D eigenvalue weighted by molar-refractivity contribution is 0.0939. The summed E-state index contributed by atoms with van der Waals surface area (Å²) in [5, 5.41) is 10.5. The summed E-state index contributed by atoms with van der Waals surface area (Å²) in [7, 11) is 0. The van der Waals surface area contributed by atoms with Crippen molar-refractivity contribution in [3.63, 3.8) is 0 Å². The summed E-state index contributed by atoms with van der Waals surface area (Å²) in [4.78, 5) is 17.1. The van der Waals surface area contributed by atoms with Crippen molar-refractivity contribution in [2.75, 3.05) is 13.2 Å². The van der Waals surface area contributed by atoms with Crippen LogP contribution >= 0.6 is 11.8 Å². The standard InChI is InChI=1S/C22H26N4O3S/c1-4-28-19-11-10-16(12-20(19)29-5-2)15(3)25-21(27)18-9-7-6-8-17(18)13-30-22-23-14-24-26-22/h6-12,14-15H,4-5,13H2,1-3H3,(H,25,27)(H,23,24,26). The maximum atomic E-state index is 13.0. The molecule has 158 valence electrons. The summed E-state index contributed by atoms with van der Waals surface area (Å²) in [6, 6.07) is 13.1. The van der Waals surface area contributed by atoms with E-state index in [4.69, 9.17) is 9.47 Å². The number of amides is 1. The number of nitrogens with one attached hydrogen (secondary N) is 2. The Balaban J connectivity index is 1.72. The average Bonchev–Trinajstić information content (AvgIpc) is 3.27. The maximum absolute atomic E-state index is 13.0. The summed E-state index contributed by atoms with van der Waals surface area (Å²) >= 11 is 1.50. The monoisotopic (exact) mass is 426 g/mol. The van der Waals surface area contributed by atoms with E-state index in [1.807, 2.05) is 63.2 Å². The molecule has 3 rings (SSSR count). The van der Waals surface area contributed by atoms with E-state index in [0.717, 1.165) is 16.3 Å². The smallest absolute Gasteiger partial charge is 0.252 e. The minimum atomic E-state index is -0.192. The molecule has 1 aromatic heterocycles. The highest BCUT2D eigenvalue weighted by molar-refractivity contribution is 7.98. The van der Waals surface area contributed by atoms with E-state index >= 15 is 0 Å². The van der Waals surface area contributed by atoms with Gasteiger partial charge >= 0.3 is 0 Å². The zero-order valence-electron chi connectivity index (χ0n) is 17.3. The van der Waals surface area contributed by atoms with Crippen LogP contribution in [-0.4, -0.2) is 34.3 Å². The van der Waals surface area contributed by atoms with E-state index in [-0.39, 0.29) is 11.9 Å². The van der Waals surface area contributed by atoms with Crippen LogP contribution in [-0.2, 0) is 5.75 Å². The third-order valence-corrected chi connectivity index (χ3v) is 5.36. The minimum absolute atomic E-state index is 0.122. The molecule has 8 heteroatoms. The van der Waals surface area contributed by atoms with E-state index in [1.165, 1.54) is 18.1 Å². The highest BCUT2D eigenvalue weighted by atomic mass is 32.2. The van der Waals surface area contributed by atoms with Crippen LogP contribution < -0.4 is 14.8 Å². The second kappa shape index (κ2) is 10.7. The van der Waals surface area contributed by atoms with Crippen molar-refractivity contribution in [3.8, 4) is 11.5 Å². The summed E-state index contributed by atoms with van der Waals surface area (Å²) in [6.07, 6.45) is 1.47. The molecule has 0 aliphatic heterocycles. The number of carbonyl (C=O) groups excluding carboxylic acids is 1. The number of ether oxygens (including phenoxy) is 2. The molecule has 2 aromatic carbocycles. The number of nitrogens with zero attached hydrogens (tertiary/aromatic N) is 2. The van der Waals surface area contributed by atoms with Crippen molar-refractivity contribution in [2.24, 2.45) is 0 Å². The molecule has 0 bridgehead atoms. The summed E-state index contributed by atoms with van der Waals surface area (Å²) < 4.78 is 11.3. The van der Waals surface area contributed by atoms with Crippen LogP contribution in [0.15, 0.2) is 53.9 Å². The maximum Gasteiger partial charge on any atom is 0.252 e. The van der Waals surface area contributed by atoms with Crippen LogP contribution in [0.25, 0.3) is 0 Å².